The van der Waals surface area contributed by atoms with Crippen molar-refractivity contribution in [3.8, 4) is 22.8 Å². The van der Waals surface area contributed by atoms with Crippen LogP contribution >= 0.6 is 0 Å². The molecule has 0 aromatic carbocycles. The van der Waals surface area contributed by atoms with Crippen molar-refractivity contribution < 1.29 is 17.1 Å². The van der Waals surface area contributed by atoms with E-state index in [-0.39, 0.29) is 17.1 Å². The van der Waals surface area contributed by atoms with Crippen LogP contribution in [0.4, 0.5) is 0 Å². The first kappa shape index (κ1) is 24.8. The van der Waals surface area contributed by atoms with Crippen LogP contribution in [-0.2, 0) is 17.1 Å². The Hall–Kier alpha value is -2.45. The normalized spacial score (nSPS) is 10.3. The minimum atomic E-state index is -0.726. The van der Waals surface area contributed by atoms with E-state index in [1.165, 1.54) is 10.4 Å². The third-order valence-electron chi connectivity index (χ3n) is 4.76. The van der Waals surface area contributed by atoms with Gasteiger partial charge in [0, 0.05) is 41.9 Å². The van der Waals surface area contributed by atoms with Crippen LogP contribution in [0.5, 0.6) is 0 Å². The van der Waals surface area contributed by atoms with Gasteiger partial charge in [0.25, 0.3) is 0 Å². The van der Waals surface area contributed by atoms with Crippen LogP contribution in [0, 0.1) is 0 Å². The van der Waals surface area contributed by atoms with Crippen LogP contribution in [0.3, 0.4) is 0 Å². The van der Waals surface area contributed by atoms with Gasteiger partial charge >= 0.3 is 0 Å². The Morgan fingerprint density at radius 1 is 0.484 bits per heavy atom. The number of pyridine rings is 4. The van der Waals surface area contributed by atoms with Gasteiger partial charge in [0.2, 0.25) is 0 Å². The number of hydrogen-bond donors (Lipinski definition) is 0. The van der Waals surface area contributed by atoms with Crippen molar-refractivity contribution in [2.75, 3.05) is 0 Å². The third-order valence-corrected chi connectivity index (χ3v) is 8.11. The largest absolute Gasteiger partial charge is 0.255 e. The first-order valence-corrected chi connectivity index (χ1v) is 16.1. The second-order valence-corrected chi connectivity index (χ2v) is 13.6. The summed E-state index contributed by atoms with van der Waals surface area (Å²) >= 11 is 0. The van der Waals surface area contributed by atoms with E-state index in [0.29, 0.717) is 0 Å². The van der Waals surface area contributed by atoms with Gasteiger partial charge in [-0.25, -0.2) is 0 Å². The smallest absolute Gasteiger partial charge is 0.0886 e. The molecular formula is C24H28FeN4Si2. The number of aromatic nitrogens is 4. The Labute approximate surface area is 198 Å². The number of nitrogens with zero attached hydrogens (tertiary/aromatic N) is 4. The molecule has 0 aliphatic heterocycles. The molecule has 0 atom stereocenters. The van der Waals surface area contributed by atoms with Crippen molar-refractivity contribution in [3.05, 3.63) is 85.5 Å². The molecule has 4 nitrogen and oxygen atoms in total. The fourth-order valence-electron chi connectivity index (χ4n) is 2.83. The summed E-state index contributed by atoms with van der Waals surface area (Å²) < 4.78 is 0. The third kappa shape index (κ3) is 7.33. The van der Waals surface area contributed by atoms with Crippen molar-refractivity contribution in [1.29, 1.82) is 0 Å². The van der Waals surface area contributed by atoms with E-state index in [9.17, 15) is 0 Å². The average Bonchev–Trinajstić information content (AvgIpc) is 2.81. The summed E-state index contributed by atoms with van der Waals surface area (Å²) in [4.78, 5) is 17.4. The molecule has 0 spiro atoms. The molecule has 7 heteroatoms. The average molecular weight is 485 g/mol. The topological polar surface area (TPSA) is 51.6 Å². The van der Waals surface area contributed by atoms with E-state index in [4.69, 9.17) is 0 Å². The molecule has 0 aliphatic rings. The van der Waals surface area contributed by atoms with E-state index >= 15 is 0 Å². The zero-order chi connectivity index (χ0) is 21.3. The molecule has 0 amide bonds. The van der Waals surface area contributed by atoms with Gasteiger partial charge in [0.15, 0.2) is 0 Å². The molecule has 0 N–H and O–H groups in total. The molecule has 0 saturated carbocycles. The summed E-state index contributed by atoms with van der Waals surface area (Å²) in [6.07, 6.45) is 7.56. The predicted octanol–water partition coefficient (Wildman–Crippen LogP) is 3.67. The van der Waals surface area contributed by atoms with E-state index in [2.05, 4.69) is 70.4 Å². The molecule has 0 unspecified atom stereocenters. The monoisotopic (exact) mass is 484 g/mol. The van der Waals surface area contributed by atoms with Gasteiger partial charge in [-0.2, -0.15) is 0 Å². The Morgan fingerprint density at radius 2 is 0.871 bits per heavy atom. The van der Waals surface area contributed by atoms with Crippen LogP contribution in [0.2, 0.25) is 26.2 Å². The van der Waals surface area contributed by atoms with Gasteiger partial charge in [0.05, 0.1) is 40.4 Å². The van der Waals surface area contributed by atoms with E-state index < -0.39 is 17.6 Å². The molecule has 0 fully saturated rings. The SMILES string of the molecule is C[SiH](C)c1ccc(-c2ccccn2)nc1.C[SiH](C)c1ccc(-c2ccccn2)nc1.[Fe]. The predicted molar refractivity (Wildman–Crippen MR) is 132 cm³/mol. The maximum absolute atomic E-state index is 4.44. The Morgan fingerprint density at radius 3 is 1.13 bits per heavy atom. The first-order chi connectivity index (χ1) is 14.5. The summed E-state index contributed by atoms with van der Waals surface area (Å²) in [5.41, 5.74) is 3.78. The zero-order valence-electron chi connectivity index (χ0n) is 18.4. The molecule has 0 aliphatic carbocycles. The van der Waals surface area contributed by atoms with Crippen molar-refractivity contribution in [1.82, 2.24) is 19.9 Å². The maximum atomic E-state index is 4.44. The zero-order valence-corrected chi connectivity index (χ0v) is 21.8. The number of rotatable bonds is 4. The first-order valence-electron chi connectivity index (χ1n) is 10.3. The molecular weight excluding hydrogens is 456 g/mol. The summed E-state index contributed by atoms with van der Waals surface area (Å²) in [7, 11) is -1.45. The molecule has 4 aromatic heterocycles. The van der Waals surface area contributed by atoms with Crippen LogP contribution in [0.25, 0.3) is 22.8 Å². The van der Waals surface area contributed by atoms with Crippen LogP contribution < -0.4 is 10.4 Å². The van der Waals surface area contributed by atoms with Gasteiger partial charge in [-0.15, -0.1) is 0 Å². The van der Waals surface area contributed by atoms with Gasteiger partial charge < -0.3 is 0 Å². The second kappa shape index (κ2) is 12.4. The molecule has 0 saturated heterocycles. The van der Waals surface area contributed by atoms with Crippen molar-refractivity contribution in [2.24, 2.45) is 0 Å². The summed E-state index contributed by atoms with van der Waals surface area (Å²) in [5.74, 6) is 0. The molecule has 4 rings (SSSR count). The van der Waals surface area contributed by atoms with Crippen molar-refractivity contribution in [2.45, 2.75) is 26.2 Å². The van der Waals surface area contributed by atoms with Crippen LogP contribution in [0.1, 0.15) is 0 Å². The summed E-state index contributed by atoms with van der Waals surface area (Å²) in [5, 5.41) is 2.80. The molecule has 0 bridgehead atoms. The van der Waals surface area contributed by atoms with Crippen LogP contribution in [0.15, 0.2) is 85.5 Å². The van der Waals surface area contributed by atoms with Gasteiger partial charge in [-0.05, 0) is 46.8 Å². The molecule has 0 radical (unpaired) electrons. The quantitative estimate of drug-likeness (QED) is 0.415. The molecule has 4 aromatic rings. The number of hydrogen-bond acceptors (Lipinski definition) is 4. The summed E-state index contributed by atoms with van der Waals surface area (Å²) in [6.45, 7) is 9.21. The van der Waals surface area contributed by atoms with Crippen LogP contribution in [-0.4, -0.2) is 37.5 Å². The Balaban J connectivity index is 0.000000213. The second-order valence-electron chi connectivity index (χ2n) is 7.69. The molecule has 31 heavy (non-hydrogen) atoms. The molecule has 4 heterocycles. The van der Waals surface area contributed by atoms with Gasteiger partial charge in [0.1, 0.15) is 0 Å². The Bertz CT molecular complexity index is 940. The minimum Gasteiger partial charge on any atom is -0.255 e. The minimum absolute atomic E-state index is 0. The van der Waals surface area contributed by atoms with E-state index in [0.717, 1.165) is 22.8 Å². The van der Waals surface area contributed by atoms with Crippen molar-refractivity contribution >= 4 is 28.0 Å². The van der Waals surface area contributed by atoms with Gasteiger partial charge in [-0.1, -0.05) is 50.5 Å². The fraction of sp³-hybridized carbons (Fsp3) is 0.167. The maximum Gasteiger partial charge on any atom is 0.0886 e. The van der Waals surface area contributed by atoms with Crippen molar-refractivity contribution in [3.63, 3.8) is 0 Å². The van der Waals surface area contributed by atoms with E-state index in [1.54, 1.807) is 12.4 Å². The van der Waals surface area contributed by atoms with E-state index in [1.807, 2.05) is 48.8 Å². The molecule has 160 valence electrons. The standard InChI is InChI=1S/2C12H14N2Si.Fe/c2*1-15(2)10-6-7-12(14-9-10)11-5-3-4-8-13-11;/h2*3-9,15H,1-2H3;. The summed E-state index contributed by atoms with van der Waals surface area (Å²) in [6, 6.07) is 20.2. The van der Waals surface area contributed by atoms with Gasteiger partial charge in [-0.3, -0.25) is 19.9 Å². The fourth-order valence-corrected chi connectivity index (χ4v) is 4.53. The Kier molecular flexibility index (Phi) is 9.94.